The topological polar surface area (TPSA) is 156 Å². The zero-order valence-electron chi connectivity index (χ0n) is 22.8. The Hall–Kier alpha value is -4.99. The van der Waals surface area contributed by atoms with Crippen molar-refractivity contribution in [2.75, 3.05) is 4.90 Å². The van der Waals surface area contributed by atoms with Gasteiger partial charge in [0.25, 0.3) is 5.78 Å². The summed E-state index contributed by atoms with van der Waals surface area (Å²) in [5.41, 5.74) is 7.32. The van der Waals surface area contributed by atoms with Crippen molar-refractivity contribution in [2.45, 2.75) is 44.9 Å². The highest BCUT2D eigenvalue weighted by Gasteiger charge is 2.48. The number of halogens is 6. The van der Waals surface area contributed by atoms with Crippen molar-refractivity contribution in [2.24, 2.45) is 5.73 Å². The normalized spacial score (nSPS) is 16.5. The van der Waals surface area contributed by atoms with Crippen molar-refractivity contribution in [1.29, 1.82) is 0 Å². The molecule has 4 N–H and O–H groups in total. The first-order valence-corrected chi connectivity index (χ1v) is 12.5. The Morgan fingerprint density at radius 1 is 0.932 bits per heavy atom. The summed E-state index contributed by atoms with van der Waals surface area (Å²) in [6, 6.07) is 13.3. The van der Waals surface area contributed by atoms with E-state index in [4.69, 9.17) is 15.6 Å². The Kier molecular flexibility index (Phi) is 9.99. The quantitative estimate of drug-likeness (QED) is 0.145. The predicted molar refractivity (Wildman–Crippen MR) is 142 cm³/mol. The average molecular weight is 627 g/mol. The maximum atomic E-state index is 13.2. The number of nitrogens with two attached hydrogens (primary N) is 1. The van der Waals surface area contributed by atoms with Crippen molar-refractivity contribution in [3.05, 3.63) is 88.6 Å². The molecule has 0 spiro atoms. The molecule has 1 atom stereocenters. The number of carbonyl (C=O) groups excluding carboxylic acids is 2. The van der Waals surface area contributed by atoms with Gasteiger partial charge in [-0.2, -0.15) is 18.3 Å². The lowest BCUT2D eigenvalue weighted by molar-refractivity contribution is -0.274. The van der Waals surface area contributed by atoms with Crippen LogP contribution in [0.25, 0.3) is 5.76 Å². The van der Waals surface area contributed by atoms with Gasteiger partial charge in [0.15, 0.2) is 5.82 Å². The largest absolute Gasteiger partial charge is 0.573 e. The Balaban J connectivity index is 0.000000676. The van der Waals surface area contributed by atoms with Gasteiger partial charge in [-0.1, -0.05) is 50.2 Å². The van der Waals surface area contributed by atoms with Crippen LogP contribution in [-0.2, 0) is 20.9 Å². The molecular formula is C28H24F6N4O6. The van der Waals surface area contributed by atoms with Crippen LogP contribution in [0, 0.1) is 0 Å². The first-order chi connectivity index (χ1) is 20.4. The molecule has 2 heterocycles. The molecule has 0 aliphatic carbocycles. The molecule has 4 rings (SSSR count). The molecule has 2 aromatic carbocycles. The van der Waals surface area contributed by atoms with E-state index in [2.05, 4.69) is 14.9 Å². The number of ketones is 1. The molecule has 0 saturated carbocycles. The van der Waals surface area contributed by atoms with Crippen LogP contribution in [0.15, 0.2) is 66.2 Å². The molecule has 1 aliphatic rings. The van der Waals surface area contributed by atoms with Crippen LogP contribution in [0.2, 0.25) is 0 Å². The lowest BCUT2D eigenvalue weighted by atomic mass is 9.94. The molecule has 1 saturated heterocycles. The number of aromatic nitrogens is 2. The average Bonchev–Trinajstić information content (AvgIpc) is 3.22. The number of Topliss-reactive ketones (excluding diaryl/α,β-unsaturated/α-hetero) is 1. The molecule has 1 aromatic heterocycles. The van der Waals surface area contributed by atoms with Crippen LogP contribution < -0.4 is 15.4 Å². The number of anilines is 1. The number of hydrogen-bond donors (Lipinski definition) is 3. The number of hydrogen-bond acceptors (Lipinski definition) is 8. The predicted octanol–water partition coefficient (Wildman–Crippen LogP) is 5.22. The lowest BCUT2D eigenvalue weighted by Crippen LogP contribution is -2.30. The molecule has 0 bridgehead atoms. The van der Waals surface area contributed by atoms with Crippen molar-refractivity contribution in [3.63, 3.8) is 0 Å². The van der Waals surface area contributed by atoms with E-state index in [0.29, 0.717) is 11.3 Å². The lowest BCUT2D eigenvalue weighted by Gasteiger charge is -2.24. The summed E-state index contributed by atoms with van der Waals surface area (Å²) in [4.78, 5) is 36.3. The number of carboxylic acid groups (broad SMARTS) is 1. The van der Waals surface area contributed by atoms with Crippen LogP contribution in [0.3, 0.4) is 0 Å². The molecule has 1 aliphatic heterocycles. The molecule has 16 heteroatoms. The molecule has 1 amide bonds. The Bertz CT molecular complexity index is 1540. The van der Waals surface area contributed by atoms with Gasteiger partial charge >= 0.3 is 24.4 Å². The monoisotopic (exact) mass is 626 g/mol. The summed E-state index contributed by atoms with van der Waals surface area (Å²) in [5.74, 6) is -5.38. The minimum Gasteiger partial charge on any atom is -0.507 e. The standard InChI is InChI=1S/C26H23F3N4O4.C2HF3O2/c1-14(2)15-3-5-17(6-4-15)23(34)21-22(16-7-10-19(11-8-16)37-26(27,28)29)33(25(36)24(21)35)20-12-9-18(13-30)31-32-20;3-2(4,5)1(6)7/h3-12,14,22,34H,13,30H2,1-2H3;(H,6,7)/b23-21+;/t22-;/m1./s1. The highest BCUT2D eigenvalue weighted by Crippen LogP contribution is 2.42. The second-order valence-corrected chi connectivity index (χ2v) is 9.45. The summed E-state index contributed by atoms with van der Waals surface area (Å²) < 4.78 is 73.6. The fourth-order valence-electron chi connectivity index (χ4n) is 4.01. The number of carbonyl (C=O) groups is 3. The van der Waals surface area contributed by atoms with Crippen LogP contribution in [0.1, 0.15) is 48.2 Å². The van der Waals surface area contributed by atoms with E-state index in [1.54, 1.807) is 24.3 Å². The van der Waals surface area contributed by atoms with Crippen LogP contribution in [-0.4, -0.2) is 50.6 Å². The second kappa shape index (κ2) is 13.1. The number of ether oxygens (including phenoxy) is 1. The minimum absolute atomic E-state index is 0.00845. The highest BCUT2D eigenvalue weighted by atomic mass is 19.4. The van der Waals surface area contributed by atoms with E-state index in [-0.39, 0.29) is 29.4 Å². The number of aliphatic hydroxyl groups excluding tert-OH is 1. The number of amides is 1. The van der Waals surface area contributed by atoms with E-state index < -0.39 is 47.7 Å². The van der Waals surface area contributed by atoms with Crippen molar-refractivity contribution >= 4 is 29.2 Å². The molecule has 44 heavy (non-hydrogen) atoms. The van der Waals surface area contributed by atoms with E-state index in [1.165, 1.54) is 24.3 Å². The summed E-state index contributed by atoms with van der Waals surface area (Å²) >= 11 is 0. The Morgan fingerprint density at radius 2 is 1.50 bits per heavy atom. The molecule has 234 valence electrons. The molecule has 10 nitrogen and oxygen atoms in total. The van der Waals surface area contributed by atoms with Crippen LogP contribution >= 0.6 is 0 Å². The van der Waals surface area contributed by atoms with Gasteiger partial charge in [0.1, 0.15) is 11.5 Å². The number of alkyl halides is 6. The van der Waals surface area contributed by atoms with Gasteiger partial charge in [-0.25, -0.2) is 4.79 Å². The molecular weight excluding hydrogens is 602 g/mol. The summed E-state index contributed by atoms with van der Waals surface area (Å²) in [6.45, 7) is 4.11. The van der Waals surface area contributed by atoms with E-state index in [1.807, 2.05) is 13.8 Å². The zero-order chi connectivity index (χ0) is 33.0. The van der Waals surface area contributed by atoms with Crippen molar-refractivity contribution < 1.29 is 55.7 Å². The number of aliphatic carboxylic acids is 1. The molecule has 3 aromatic rings. The number of carboxylic acids is 1. The van der Waals surface area contributed by atoms with Crippen molar-refractivity contribution in [3.8, 4) is 5.75 Å². The van der Waals surface area contributed by atoms with Crippen LogP contribution in [0.5, 0.6) is 5.75 Å². The van der Waals surface area contributed by atoms with Crippen LogP contribution in [0.4, 0.5) is 32.2 Å². The molecule has 1 fully saturated rings. The van der Waals surface area contributed by atoms with E-state index in [0.717, 1.165) is 22.6 Å². The SMILES string of the molecule is CC(C)c1ccc(/C(O)=C2\C(=O)C(=O)N(c3ccc(CN)nn3)[C@@H]2c2ccc(OC(F)(F)F)cc2)cc1.O=C(O)C(F)(F)F. The highest BCUT2D eigenvalue weighted by molar-refractivity contribution is 6.51. The van der Waals surface area contributed by atoms with E-state index >= 15 is 0 Å². The number of nitrogens with zero attached hydrogens (tertiary/aromatic N) is 3. The van der Waals surface area contributed by atoms with Gasteiger partial charge in [-0.15, -0.1) is 18.3 Å². The number of benzene rings is 2. The maximum Gasteiger partial charge on any atom is 0.573 e. The first-order valence-electron chi connectivity index (χ1n) is 12.5. The smallest absolute Gasteiger partial charge is 0.507 e. The summed E-state index contributed by atoms with van der Waals surface area (Å²) in [5, 5.41) is 26.2. The van der Waals surface area contributed by atoms with Gasteiger partial charge in [0, 0.05) is 12.1 Å². The van der Waals surface area contributed by atoms with Gasteiger partial charge in [0.05, 0.1) is 17.3 Å². The second-order valence-electron chi connectivity index (χ2n) is 9.45. The van der Waals surface area contributed by atoms with Gasteiger partial charge < -0.3 is 20.7 Å². The third-order valence-corrected chi connectivity index (χ3v) is 6.13. The number of rotatable bonds is 6. The molecule has 0 unspecified atom stereocenters. The fourth-order valence-corrected chi connectivity index (χ4v) is 4.01. The first kappa shape index (κ1) is 33.5. The summed E-state index contributed by atoms with van der Waals surface area (Å²) in [7, 11) is 0. The minimum atomic E-state index is -5.08. The summed E-state index contributed by atoms with van der Waals surface area (Å²) in [6.07, 6.45) is -9.97. The zero-order valence-corrected chi connectivity index (χ0v) is 22.8. The van der Waals surface area contributed by atoms with Gasteiger partial charge in [0.2, 0.25) is 0 Å². The fraction of sp³-hybridized carbons (Fsp3) is 0.250. The maximum absolute atomic E-state index is 13.2. The third-order valence-electron chi connectivity index (χ3n) is 6.13. The molecule has 0 radical (unpaired) electrons. The Labute approximate surface area is 245 Å². The van der Waals surface area contributed by atoms with E-state index in [9.17, 15) is 41.0 Å². The Morgan fingerprint density at radius 3 is 1.93 bits per heavy atom. The third kappa shape index (κ3) is 7.89. The van der Waals surface area contributed by atoms with Gasteiger partial charge in [-0.05, 0) is 41.3 Å². The van der Waals surface area contributed by atoms with Crippen molar-refractivity contribution in [1.82, 2.24) is 10.2 Å². The number of aliphatic hydroxyl groups is 1. The van der Waals surface area contributed by atoms with Gasteiger partial charge in [-0.3, -0.25) is 14.5 Å².